The number of hydrogen-bond acceptors (Lipinski definition) is 7. The first kappa shape index (κ1) is 10.9. The second-order valence-corrected chi connectivity index (χ2v) is 5.89. The molecule has 1 aliphatic rings. The van der Waals surface area contributed by atoms with Crippen molar-refractivity contribution in [2.24, 2.45) is 0 Å². The second kappa shape index (κ2) is 3.78. The van der Waals surface area contributed by atoms with Gasteiger partial charge in [0.2, 0.25) is 11.8 Å². The fourth-order valence-corrected chi connectivity index (χ4v) is 2.64. The van der Waals surface area contributed by atoms with Crippen molar-refractivity contribution in [1.29, 1.82) is 0 Å². The highest BCUT2D eigenvalue weighted by Crippen LogP contribution is 2.19. The molecule has 0 bridgehead atoms. The van der Waals surface area contributed by atoms with Gasteiger partial charge in [-0.15, -0.1) is 0 Å². The largest absolute Gasteiger partial charge is 0.492 e. The first-order valence-corrected chi connectivity index (χ1v) is 6.57. The van der Waals surface area contributed by atoms with Crippen molar-refractivity contribution in [2.75, 3.05) is 35.2 Å². The second-order valence-electron chi connectivity index (χ2n) is 3.59. The lowest BCUT2D eigenvalue weighted by Gasteiger charge is -2.26. The van der Waals surface area contributed by atoms with E-state index in [1.54, 1.807) is 4.90 Å². The van der Waals surface area contributed by atoms with Crippen LogP contribution in [0.15, 0.2) is 6.20 Å². The van der Waals surface area contributed by atoms with Crippen molar-refractivity contribution in [2.45, 2.75) is 0 Å². The first-order valence-electron chi connectivity index (χ1n) is 4.75. The summed E-state index contributed by atoms with van der Waals surface area (Å²) in [6, 6.07) is 0. The Morgan fingerprint density at radius 3 is 2.56 bits per heavy atom. The average Bonchev–Trinajstić information content (AvgIpc) is 2.22. The summed E-state index contributed by atoms with van der Waals surface area (Å²) >= 11 is 0. The van der Waals surface area contributed by atoms with Gasteiger partial charge in [-0.3, -0.25) is 0 Å². The maximum absolute atomic E-state index is 11.2. The number of nitrogens with two attached hydrogens (primary N) is 1. The van der Waals surface area contributed by atoms with Crippen molar-refractivity contribution < 1.29 is 13.5 Å². The van der Waals surface area contributed by atoms with Gasteiger partial charge in [-0.1, -0.05) is 0 Å². The van der Waals surface area contributed by atoms with E-state index < -0.39 is 9.84 Å². The van der Waals surface area contributed by atoms with Crippen LogP contribution < -0.4 is 10.6 Å². The number of nitrogens with zero attached hydrogens (tertiary/aromatic N) is 3. The Kier molecular flexibility index (Phi) is 2.58. The third-order valence-corrected chi connectivity index (χ3v) is 4.02. The number of aromatic hydroxyl groups is 1. The molecule has 1 fully saturated rings. The van der Waals surface area contributed by atoms with Gasteiger partial charge in [0.1, 0.15) is 5.69 Å². The van der Waals surface area contributed by atoms with Crippen molar-refractivity contribution in [3.05, 3.63) is 6.20 Å². The SMILES string of the molecule is Nc1cnc(N2CCS(=O)(=O)CC2)nc1O. The zero-order valence-corrected chi connectivity index (χ0v) is 9.31. The molecule has 8 heteroatoms. The number of aromatic nitrogens is 2. The molecule has 1 aromatic rings. The van der Waals surface area contributed by atoms with Gasteiger partial charge in [0.15, 0.2) is 9.84 Å². The van der Waals surface area contributed by atoms with Gasteiger partial charge in [0, 0.05) is 13.1 Å². The molecule has 0 aromatic carbocycles. The molecule has 0 amide bonds. The molecule has 16 heavy (non-hydrogen) atoms. The van der Waals surface area contributed by atoms with Crippen LogP contribution in [0.4, 0.5) is 11.6 Å². The summed E-state index contributed by atoms with van der Waals surface area (Å²) < 4.78 is 22.4. The van der Waals surface area contributed by atoms with Crippen molar-refractivity contribution in [3.63, 3.8) is 0 Å². The molecule has 7 nitrogen and oxygen atoms in total. The highest BCUT2D eigenvalue weighted by Gasteiger charge is 2.23. The average molecular weight is 244 g/mol. The van der Waals surface area contributed by atoms with Crippen molar-refractivity contribution in [1.82, 2.24) is 9.97 Å². The molecular weight excluding hydrogens is 232 g/mol. The standard InChI is InChI=1S/C8H12N4O3S/c9-6-5-10-8(11-7(6)13)12-1-3-16(14,15)4-2-12/h5H,1-4,9H2,(H,10,11,13). The molecule has 88 valence electrons. The van der Waals surface area contributed by atoms with E-state index in [4.69, 9.17) is 5.73 Å². The fraction of sp³-hybridized carbons (Fsp3) is 0.500. The van der Waals surface area contributed by atoms with Gasteiger partial charge in [-0.25, -0.2) is 13.4 Å². The van der Waals surface area contributed by atoms with Crippen LogP contribution in [0.1, 0.15) is 0 Å². The van der Waals surface area contributed by atoms with Crippen LogP contribution in [0.3, 0.4) is 0 Å². The minimum atomic E-state index is -2.93. The monoisotopic (exact) mass is 244 g/mol. The Morgan fingerprint density at radius 1 is 1.38 bits per heavy atom. The van der Waals surface area contributed by atoms with E-state index in [1.165, 1.54) is 6.20 Å². The topological polar surface area (TPSA) is 109 Å². The third-order valence-electron chi connectivity index (χ3n) is 2.41. The van der Waals surface area contributed by atoms with Crippen molar-refractivity contribution >= 4 is 21.5 Å². The van der Waals surface area contributed by atoms with Gasteiger partial charge in [-0.05, 0) is 0 Å². The van der Waals surface area contributed by atoms with E-state index in [0.717, 1.165) is 0 Å². The number of rotatable bonds is 1. The van der Waals surface area contributed by atoms with Crippen molar-refractivity contribution in [3.8, 4) is 5.88 Å². The molecule has 3 N–H and O–H groups in total. The third kappa shape index (κ3) is 2.16. The summed E-state index contributed by atoms with van der Waals surface area (Å²) in [5.74, 6) is 0.197. The summed E-state index contributed by atoms with van der Waals surface area (Å²) in [7, 11) is -2.93. The normalized spacial score (nSPS) is 19.6. The molecule has 0 radical (unpaired) electrons. The van der Waals surface area contributed by atoms with Crippen LogP contribution in [-0.4, -0.2) is 48.1 Å². The Morgan fingerprint density at radius 2 is 2.00 bits per heavy atom. The molecule has 0 spiro atoms. The maximum atomic E-state index is 11.2. The summed E-state index contributed by atoms with van der Waals surface area (Å²) in [5, 5.41) is 9.31. The molecule has 2 heterocycles. The number of hydrogen-bond donors (Lipinski definition) is 2. The lowest BCUT2D eigenvalue weighted by Crippen LogP contribution is -2.41. The van der Waals surface area contributed by atoms with E-state index in [2.05, 4.69) is 9.97 Å². The van der Waals surface area contributed by atoms with Crippen LogP contribution >= 0.6 is 0 Å². The zero-order valence-electron chi connectivity index (χ0n) is 8.50. The van der Waals surface area contributed by atoms with Crippen LogP contribution in [0.5, 0.6) is 5.88 Å². The Bertz CT molecular complexity index is 488. The van der Waals surface area contributed by atoms with E-state index in [1.807, 2.05) is 0 Å². The van der Waals surface area contributed by atoms with Crippen LogP contribution in [0, 0.1) is 0 Å². The lowest BCUT2D eigenvalue weighted by molar-refractivity contribution is 0.454. The van der Waals surface area contributed by atoms with Crippen LogP contribution in [0.25, 0.3) is 0 Å². The summed E-state index contributed by atoms with van der Waals surface area (Å²) in [6.45, 7) is 0.678. The first-order chi connectivity index (χ1) is 7.48. The molecule has 0 saturated carbocycles. The smallest absolute Gasteiger partial charge is 0.239 e. The summed E-state index contributed by atoms with van der Waals surface area (Å²) in [6.07, 6.45) is 1.31. The Balaban J connectivity index is 2.17. The zero-order chi connectivity index (χ0) is 11.8. The quantitative estimate of drug-likeness (QED) is 0.652. The lowest BCUT2D eigenvalue weighted by atomic mass is 10.5. The van der Waals surface area contributed by atoms with Gasteiger partial charge in [0.05, 0.1) is 17.7 Å². The minimum Gasteiger partial charge on any atom is -0.492 e. The van der Waals surface area contributed by atoms with E-state index in [9.17, 15) is 13.5 Å². The number of sulfone groups is 1. The molecule has 0 unspecified atom stereocenters. The molecule has 1 saturated heterocycles. The van der Waals surface area contributed by atoms with Gasteiger partial charge in [0.25, 0.3) is 0 Å². The molecule has 0 aliphatic carbocycles. The molecule has 1 aromatic heterocycles. The van der Waals surface area contributed by atoms with Gasteiger partial charge >= 0.3 is 0 Å². The van der Waals surface area contributed by atoms with Crippen LogP contribution in [-0.2, 0) is 9.84 Å². The highest BCUT2D eigenvalue weighted by molar-refractivity contribution is 7.91. The minimum absolute atomic E-state index is 0.0848. The number of anilines is 2. The van der Waals surface area contributed by atoms with Gasteiger partial charge in [-0.2, -0.15) is 4.98 Å². The maximum Gasteiger partial charge on any atom is 0.239 e. The summed E-state index contributed by atoms with van der Waals surface area (Å²) in [4.78, 5) is 9.45. The van der Waals surface area contributed by atoms with Crippen LogP contribution in [0.2, 0.25) is 0 Å². The van der Waals surface area contributed by atoms with E-state index in [0.29, 0.717) is 19.0 Å². The van der Waals surface area contributed by atoms with E-state index >= 15 is 0 Å². The predicted octanol–water partition coefficient (Wildman–Crippen LogP) is -1.00. The molecule has 2 rings (SSSR count). The predicted molar refractivity (Wildman–Crippen MR) is 59.0 cm³/mol. The summed E-state index contributed by atoms with van der Waals surface area (Å²) in [5.41, 5.74) is 5.48. The highest BCUT2D eigenvalue weighted by atomic mass is 32.2. The Hall–Kier alpha value is -1.57. The van der Waals surface area contributed by atoms with Gasteiger partial charge < -0.3 is 15.7 Å². The molecular formula is C8H12N4O3S. The fourth-order valence-electron chi connectivity index (χ4n) is 1.44. The molecule has 0 atom stereocenters. The molecule has 1 aliphatic heterocycles. The number of nitrogen functional groups attached to an aromatic ring is 1. The Labute approximate surface area is 92.8 Å². The van der Waals surface area contributed by atoms with E-state index in [-0.39, 0.29) is 23.1 Å².